The minimum atomic E-state index is 0.314. The zero-order valence-electron chi connectivity index (χ0n) is 9.04. The molecule has 0 amide bonds. The molecule has 1 unspecified atom stereocenters. The number of ether oxygens (including phenoxy) is 2. The minimum Gasteiger partial charge on any atom is -0.495 e. The monoisotopic (exact) mass is 208 g/mol. The second-order valence-corrected chi connectivity index (χ2v) is 3.56. The predicted molar refractivity (Wildman–Crippen MR) is 60.8 cm³/mol. The molecule has 1 aliphatic heterocycles. The van der Waals surface area contributed by atoms with Crippen LogP contribution in [0.2, 0.25) is 0 Å². The van der Waals surface area contributed by atoms with Gasteiger partial charge in [-0.1, -0.05) is 6.07 Å². The summed E-state index contributed by atoms with van der Waals surface area (Å²) in [7, 11) is 3.39. The van der Waals surface area contributed by atoms with Crippen molar-refractivity contribution in [3.8, 4) is 5.75 Å². The predicted octanol–water partition coefficient (Wildman–Crippen LogP) is 1.55. The molecular formula is C11H16N2O2. The van der Waals surface area contributed by atoms with Crippen LogP contribution in [-0.4, -0.2) is 33.4 Å². The summed E-state index contributed by atoms with van der Waals surface area (Å²) in [6.07, 6.45) is 0. The quantitative estimate of drug-likeness (QED) is 0.791. The molecule has 4 nitrogen and oxygen atoms in total. The van der Waals surface area contributed by atoms with Crippen molar-refractivity contribution in [2.75, 3.05) is 38.0 Å². The molecule has 1 aromatic carbocycles. The lowest BCUT2D eigenvalue weighted by Crippen LogP contribution is -2.36. The van der Waals surface area contributed by atoms with Crippen LogP contribution >= 0.6 is 0 Å². The number of hydrogen-bond acceptors (Lipinski definition) is 4. The van der Waals surface area contributed by atoms with Crippen molar-refractivity contribution in [1.82, 2.24) is 0 Å². The molecule has 0 bridgehead atoms. The highest BCUT2D eigenvalue weighted by Gasteiger charge is 2.19. The third-order valence-electron chi connectivity index (χ3n) is 2.50. The van der Waals surface area contributed by atoms with Crippen molar-refractivity contribution in [2.24, 2.45) is 0 Å². The maximum Gasteiger partial charge on any atom is 0.144 e. The summed E-state index contributed by atoms with van der Waals surface area (Å²) in [6.45, 7) is 1.55. The van der Waals surface area contributed by atoms with Crippen LogP contribution in [0.25, 0.3) is 0 Å². The number of fused-ring (bicyclic) bond motifs is 1. The molecule has 4 heteroatoms. The smallest absolute Gasteiger partial charge is 0.144 e. The average molecular weight is 208 g/mol. The number of para-hydroxylation sites is 1. The number of methoxy groups -OCH3 is 2. The zero-order chi connectivity index (χ0) is 10.7. The molecule has 82 valence electrons. The van der Waals surface area contributed by atoms with Gasteiger partial charge in [-0.3, -0.25) is 0 Å². The summed E-state index contributed by atoms with van der Waals surface area (Å²) in [6, 6.07) is 6.27. The molecule has 0 aromatic heterocycles. The molecule has 0 saturated carbocycles. The van der Waals surface area contributed by atoms with Gasteiger partial charge in [0.2, 0.25) is 0 Å². The number of hydrogen-bond donors (Lipinski definition) is 2. The van der Waals surface area contributed by atoms with E-state index in [1.165, 1.54) is 0 Å². The summed E-state index contributed by atoms with van der Waals surface area (Å²) in [5.41, 5.74) is 2.11. The van der Waals surface area contributed by atoms with Crippen LogP contribution in [-0.2, 0) is 4.74 Å². The van der Waals surface area contributed by atoms with Crippen molar-refractivity contribution in [2.45, 2.75) is 6.04 Å². The third kappa shape index (κ3) is 1.99. The SMILES string of the molecule is COCC1CNc2c(cccc2OC)N1. The third-order valence-corrected chi connectivity index (χ3v) is 2.50. The highest BCUT2D eigenvalue weighted by molar-refractivity contribution is 5.77. The topological polar surface area (TPSA) is 42.5 Å². The van der Waals surface area contributed by atoms with E-state index in [9.17, 15) is 0 Å². The Bertz CT molecular complexity index is 341. The first kappa shape index (κ1) is 10.1. The first-order chi connectivity index (χ1) is 7.35. The number of nitrogens with one attached hydrogen (secondary N) is 2. The molecule has 1 aromatic rings. The number of rotatable bonds is 3. The van der Waals surface area contributed by atoms with Gasteiger partial charge in [0.25, 0.3) is 0 Å². The van der Waals surface area contributed by atoms with Gasteiger partial charge in [0.1, 0.15) is 11.4 Å². The van der Waals surface area contributed by atoms with Gasteiger partial charge in [-0.2, -0.15) is 0 Å². The van der Waals surface area contributed by atoms with Gasteiger partial charge < -0.3 is 20.1 Å². The Morgan fingerprint density at radius 3 is 3.00 bits per heavy atom. The van der Waals surface area contributed by atoms with Crippen LogP contribution in [0.4, 0.5) is 11.4 Å². The highest BCUT2D eigenvalue weighted by atomic mass is 16.5. The minimum absolute atomic E-state index is 0.314. The van der Waals surface area contributed by atoms with E-state index >= 15 is 0 Å². The fourth-order valence-corrected chi connectivity index (χ4v) is 1.80. The lowest BCUT2D eigenvalue weighted by Gasteiger charge is -2.28. The first-order valence-corrected chi connectivity index (χ1v) is 5.01. The second kappa shape index (κ2) is 4.40. The molecule has 0 radical (unpaired) electrons. The van der Waals surface area contributed by atoms with E-state index in [4.69, 9.17) is 9.47 Å². The summed E-state index contributed by atoms with van der Waals surface area (Å²) in [5, 5.41) is 6.75. The van der Waals surface area contributed by atoms with Gasteiger partial charge in [0, 0.05) is 13.7 Å². The number of anilines is 2. The Balaban J connectivity index is 2.20. The Hall–Kier alpha value is -1.42. The van der Waals surface area contributed by atoms with Gasteiger partial charge in [0.05, 0.1) is 25.4 Å². The first-order valence-electron chi connectivity index (χ1n) is 5.01. The van der Waals surface area contributed by atoms with E-state index in [1.54, 1.807) is 14.2 Å². The van der Waals surface area contributed by atoms with Gasteiger partial charge >= 0.3 is 0 Å². The van der Waals surface area contributed by atoms with Crippen molar-refractivity contribution >= 4 is 11.4 Å². The summed E-state index contributed by atoms with van der Waals surface area (Å²) >= 11 is 0. The zero-order valence-corrected chi connectivity index (χ0v) is 9.04. The van der Waals surface area contributed by atoms with E-state index in [2.05, 4.69) is 10.6 Å². The molecule has 0 fully saturated rings. The van der Waals surface area contributed by atoms with Crippen LogP contribution in [0.3, 0.4) is 0 Å². The maximum atomic E-state index is 5.27. The van der Waals surface area contributed by atoms with Crippen molar-refractivity contribution in [3.63, 3.8) is 0 Å². The van der Waals surface area contributed by atoms with E-state index < -0.39 is 0 Å². The highest BCUT2D eigenvalue weighted by Crippen LogP contribution is 2.34. The standard InChI is InChI=1S/C11H16N2O2/c1-14-7-8-6-12-11-9(13-8)4-3-5-10(11)15-2/h3-5,8,12-13H,6-7H2,1-2H3. The van der Waals surface area contributed by atoms with Crippen LogP contribution in [0.1, 0.15) is 0 Å². The Kier molecular flexibility index (Phi) is 2.97. The molecule has 1 aliphatic rings. The second-order valence-electron chi connectivity index (χ2n) is 3.56. The van der Waals surface area contributed by atoms with Gasteiger partial charge in [0.15, 0.2) is 0 Å². The molecular weight excluding hydrogens is 192 g/mol. The molecule has 1 atom stereocenters. The van der Waals surface area contributed by atoms with Crippen LogP contribution in [0, 0.1) is 0 Å². The van der Waals surface area contributed by atoms with E-state index in [0.717, 1.165) is 23.7 Å². The lowest BCUT2D eigenvalue weighted by molar-refractivity contribution is 0.188. The Morgan fingerprint density at radius 1 is 1.40 bits per heavy atom. The molecule has 1 heterocycles. The lowest BCUT2D eigenvalue weighted by atomic mass is 10.1. The van der Waals surface area contributed by atoms with Gasteiger partial charge in [-0.25, -0.2) is 0 Å². The van der Waals surface area contributed by atoms with Crippen molar-refractivity contribution in [3.05, 3.63) is 18.2 Å². The fourth-order valence-electron chi connectivity index (χ4n) is 1.80. The van der Waals surface area contributed by atoms with Crippen LogP contribution < -0.4 is 15.4 Å². The molecule has 0 saturated heterocycles. The van der Waals surface area contributed by atoms with E-state index in [1.807, 2.05) is 18.2 Å². The largest absolute Gasteiger partial charge is 0.495 e. The van der Waals surface area contributed by atoms with Gasteiger partial charge in [-0.15, -0.1) is 0 Å². The molecule has 15 heavy (non-hydrogen) atoms. The molecule has 2 N–H and O–H groups in total. The van der Waals surface area contributed by atoms with Crippen LogP contribution in [0.15, 0.2) is 18.2 Å². The summed E-state index contributed by atoms with van der Waals surface area (Å²) in [5.74, 6) is 0.871. The molecule has 0 spiro atoms. The van der Waals surface area contributed by atoms with Gasteiger partial charge in [-0.05, 0) is 12.1 Å². The number of benzene rings is 1. The van der Waals surface area contributed by atoms with E-state index in [-0.39, 0.29) is 0 Å². The molecule has 2 rings (SSSR count). The van der Waals surface area contributed by atoms with Crippen molar-refractivity contribution < 1.29 is 9.47 Å². The fraction of sp³-hybridized carbons (Fsp3) is 0.455. The average Bonchev–Trinajstić information content (AvgIpc) is 2.28. The Morgan fingerprint density at radius 2 is 2.27 bits per heavy atom. The molecule has 0 aliphatic carbocycles. The van der Waals surface area contributed by atoms with E-state index in [0.29, 0.717) is 12.6 Å². The normalized spacial score (nSPS) is 18.7. The van der Waals surface area contributed by atoms with Crippen molar-refractivity contribution in [1.29, 1.82) is 0 Å². The summed E-state index contributed by atoms with van der Waals surface area (Å²) in [4.78, 5) is 0. The van der Waals surface area contributed by atoms with Crippen LogP contribution in [0.5, 0.6) is 5.75 Å². The summed E-state index contributed by atoms with van der Waals surface area (Å²) < 4.78 is 10.4. The Labute approximate surface area is 89.6 Å². The maximum absolute atomic E-state index is 5.27.